The van der Waals surface area contributed by atoms with Crippen molar-refractivity contribution in [3.8, 4) is 0 Å². The zero-order valence-corrected chi connectivity index (χ0v) is 13.1. The first kappa shape index (κ1) is 15.7. The molecule has 1 aliphatic rings. The van der Waals surface area contributed by atoms with E-state index in [4.69, 9.17) is 5.11 Å². The molecule has 1 N–H and O–H groups in total. The van der Waals surface area contributed by atoms with Crippen LogP contribution >= 0.6 is 11.8 Å². The predicted molar refractivity (Wildman–Crippen MR) is 85.2 cm³/mol. The van der Waals surface area contributed by atoms with Gasteiger partial charge in [0.1, 0.15) is 0 Å². The molecule has 1 aromatic carbocycles. The van der Waals surface area contributed by atoms with Gasteiger partial charge in [-0.3, -0.25) is 9.59 Å². The van der Waals surface area contributed by atoms with Crippen LogP contribution in [-0.4, -0.2) is 60.1 Å². The molecule has 1 atom stereocenters. The summed E-state index contributed by atoms with van der Waals surface area (Å²) in [6.07, 6.45) is 0.00845. The molecule has 5 nitrogen and oxygen atoms in total. The van der Waals surface area contributed by atoms with Crippen molar-refractivity contribution in [2.24, 2.45) is 0 Å². The molecule has 6 heteroatoms. The van der Waals surface area contributed by atoms with E-state index >= 15 is 0 Å². The van der Waals surface area contributed by atoms with Gasteiger partial charge in [-0.1, -0.05) is 0 Å². The highest BCUT2D eigenvalue weighted by molar-refractivity contribution is 7.99. The minimum Gasteiger partial charge on any atom is -0.481 e. The number of amides is 1. The molecule has 0 bridgehead atoms. The van der Waals surface area contributed by atoms with Gasteiger partial charge in [0.15, 0.2) is 0 Å². The molecule has 114 valence electrons. The van der Waals surface area contributed by atoms with E-state index in [2.05, 4.69) is 0 Å². The largest absolute Gasteiger partial charge is 0.481 e. The van der Waals surface area contributed by atoms with Crippen molar-refractivity contribution in [3.63, 3.8) is 0 Å². The highest BCUT2D eigenvalue weighted by atomic mass is 32.2. The highest BCUT2D eigenvalue weighted by Crippen LogP contribution is 2.22. The summed E-state index contributed by atoms with van der Waals surface area (Å²) in [4.78, 5) is 27.2. The summed E-state index contributed by atoms with van der Waals surface area (Å²) in [6.45, 7) is 0.608. The molecule has 0 aromatic heterocycles. The van der Waals surface area contributed by atoms with Crippen LogP contribution < -0.4 is 4.90 Å². The SMILES string of the molecule is CN(C)c1ccc(C(=O)N2CCSCC2CC(=O)O)cc1. The van der Waals surface area contributed by atoms with Gasteiger partial charge >= 0.3 is 5.97 Å². The Balaban J connectivity index is 2.14. The molecule has 2 rings (SSSR count). The average molecular weight is 308 g/mol. The first-order valence-electron chi connectivity index (χ1n) is 6.87. The van der Waals surface area contributed by atoms with Gasteiger partial charge in [-0.2, -0.15) is 11.8 Å². The molecule has 1 aliphatic heterocycles. The fraction of sp³-hybridized carbons (Fsp3) is 0.467. The zero-order chi connectivity index (χ0) is 15.4. The third-order valence-electron chi connectivity index (χ3n) is 3.53. The van der Waals surface area contributed by atoms with Crippen LogP contribution in [0.15, 0.2) is 24.3 Å². The summed E-state index contributed by atoms with van der Waals surface area (Å²) in [5.41, 5.74) is 1.64. The van der Waals surface area contributed by atoms with Crippen molar-refractivity contribution < 1.29 is 14.7 Å². The molecule has 21 heavy (non-hydrogen) atoms. The lowest BCUT2D eigenvalue weighted by atomic mass is 10.1. The molecule has 1 unspecified atom stereocenters. The van der Waals surface area contributed by atoms with E-state index in [9.17, 15) is 9.59 Å². The number of carbonyl (C=O) groups excluding carboxylic acids is 1. The zero-order valence-electron chi connectivity index (χ0n) is 12.3. The van der Waals surface area contributed by atoms with E-state index in [0.29, 0.717) is 17.9 Å². The second kappa shape index (κ2) is 6.85. The molecule has 1 saturated heterocycles. The van der Waals surface area contributed by atoms with Gasteiger partial charge < -0.3 is 14.9 Å². The molecule has 1 amide bonds. The summed E-state index contributed by atoms with van der Waals surface area (Å²) in [5, 5.41) is 8.98. The van der Waals surface area contributed by atoms with Crippen LogP contribution in [0.2, 0.25) is 0 Å². The molecular formula is C15H20N2O3S. The number of hydrogen-bond donors (Lipinski definition) is 1. The Kier molecular flexibility index (Phi) is 5.12. The maximum absolute atomic E-state index is 12.6. The van der Waals surface area contributed by atoms with Crippen molar-refractivity contribution in [1.29, 1.82) is 0 Å². The third kappa shape index (κ3) is 3.91. The number of carboxylic acid groups (broad SMARTS) is 1. The number of thioether (sulfide) groups is 1. The Morgan fingerprint density at radius 3 is 2.57 bits per heavy atom. The number of rotatable bonds is 4. The minimum absolute atomic E-state index is 0.00845. The van der Waals surface area contributed by atoms with Gasteiger partial charge in [-0.15, -0.1) is 0 Å². The molecule has 0 aliphatic carbocycles. The second-order valence-electron chi connectivity index (χ2n) is 5.27. The Labute approximate surface area is 128 Å². The Morgan fingerprint density at radius 1 is 1.33 bits per heavy atom. The van der Waals surface area contributed by atoms with Crippen LogP contribution in [0, 0.1) is 0 Å². The van der Waals surface area contributed by atoms with Crippen molar-refractivity contribution >= 4 is 29.3 Å². The summed E-state index contributed by atoms with van der Waals surface area (Å²) < 4.78 is 0. The first-order chi connectivity index (χ1) is 9.99. The van der Waals surface area contributed by atoms with Gasteiger partial charge in [0.2, 0.25) is 0 Å². The molecule has 1 heterocycles. The Hall–Kier alpha value is -1.69. The highest BCUT2D eigenvalue weighted by Gasteiger charge is 2.29. The number of carboxylic acids is 1. The summed E-state index contributed by atoms with van der Waals surface area (Å²) in [6, 6.07) is 7.19. The normalized spacial score (nSPS) is 18.4. The van der Waals surface area contributed by atoms with Gasteiger partial charge in [-0.05, 0) is 24.3 Å². The maximum Gasteiger partial charge on any atom is 0.305 e. The quantitative estimate of drug-likeness (QED) is 0.919. The molecule has 1 fully saturated rings. The number of nitrogens with zero attached hydrogens (tertiary/aromatic N) is 2. The maximum atomic E-state index is 12.6. The number of anilines is 1. The number of carbonyl (C=O) groups is 2. The van der Waals surface area contributed by atoms with Crippen molar-refractivity contribution in [2.45, 2.75) is 12.5 Å². The Morgan fingerprint density at radius 2 is 2.00 bits per heavy atom. The molecule has 1 aromatic rings. The van der Waals surface area contributed by atoms with E-state index in [1.807, 2.05) is 31.1 Å². The van der Waals surface area contributed by atoms with Crippen molar-refractivity contribution in [1.82, 2.24) is 4.90 Å². The van der Waals surface area contributed by atoms with Crippen LogP contribution in [0.1, 0.15) is 16.8 Å². The summed E-state index contributed by atoms with van der Waals surface area (Å²) in [7, 11) is 3.89. The standard InChI is InChI=1S/C15H20N2O3S/c1-16(2)12-5-3-11(4-6-12)15(20)17-7-8-21-10-13(17)9-14(18)19/h3-6,13H,7-10H2,1-2H3,(H,18,19). The van der Waals surface area contributed by atoms with Crippen LogP contribution in [0.3, 0.4) is 0 Å². The van der Waals surface area contributed by atoms with Crippen LogP contribution in [-0.2, 0) is 4.79 Å². The lowest BCUT2D eigenvalue weighted by Gasteiger charge is -2.34. The van der Waals surface area contributed by atoms with Crippen molar-refractivity contribution in [3.05, 3.63) is 29.8 Å². The van der Waals surface area contributed by atoms with Crippen LogP contribution in [0.5, 0.6) is 0 Å². The Bertz CT molecular complexity index is 516. The number of benzene rings is 1. The van der Waals surface area contributed by atoms with E-state index in [-0.39, 0.29) is 18.4 Å². The average Bonchev–Trinajstić information content (AvgIpc) is 2.46. The van der Waals surface area contributed by atoms with Gasteiger partial charge in [0, 0.05) is 43.4 Å². The fourth-order valence-corrected chi connectivity index (χ4v) is 3.42. The van der Waals surface area contributed by atoms with E-state index in [1.165, 1.54) is 0 Å². The van der Waals surface area contributed by atoms with Gasteiger partial charge in [0.25, 0.3) is 5.91 Å². The smallest absolute Gasteiger partial charge is 0.305 e. The van der Waals surface area contributed by atoms with Crippen LogP contribution in [0.4, 0.5) is 5.69 Å². The second-order valence-corrected chi connectivity index (χ2v) is 6.42. The summed E-state index contributed by atoms with van der Waals surface area (Å²) in [5.74, 6) is 0.612. The molecule has 0 spiro atoms. The number of aliphatic carboxylic acids is 1. The fourth-order valence-electron chi connectivity index (χ4n) is 2.36. The minimum atomic E-state index is -0.858. The molecule has 0 saturated carbocycles. The number of hydrogen-bond acceptors (Lipinski definition) is 4. The summed E-state index contributed by atoms with van der Waals surface area (Å²) >= 11 is 1.70. The van der Waals surface area contributed by atoms with E-state index in [0.717, 1.165) is 11.4 Å². The monoisotopic (exact) mass is 308 g/mol. The van der Waals surface area contributed by atoms with Crippen LogP contribution in [0.25, 0.3) is 0 Å². The third-order valence-corrected chi connectivity index (χ3v) is 4.62. The topological polar surface area (TPSA) is 60.9 Å². The lowest BCUT2D eigenvalue weighted by molar-refractivity contribution is -0.138. The molecular weight excluding hydrogens is 288 g/mol. The van der Waals surface area contributed by atoms with Gasteiger partial charge in [0.05, 0.1) is 12.5 Å². The predicted octanol–water partition coefficient (Wildman–Crippen LogP) is 1.78. The van der Waals surface area contributed by atoms with E-state index in [1.54, 1.807) is 28.8 Å². The first-order valence-corrected chi connectivity index (χ1v) is 8.02. The molecule has 0 radical (unpaired) electrons. The van der Waals surface area contributed by atoms with E-state index < -0.39 is 5.97 Å². The van der Waals surface area contributed by atoms with Gasteiger partial charge in [-0.25, -0.2) is 0 Å². The lowest BCUT2D eigenvalue weighted by Crippen LogP contribution is -2.47. The van der Waals surface area contributed by atoms with Crippen molar-refractivity contribution in [2.75, 3.05) is 37.0 Å².